The maximum absolute atomic E-state index is 13.0. The highest BCUT2D eigenvalue weighted by Gasteiger charge is 2.36. The van der Waals surface area contributed by atoms with Gasteiger partial charge in [0.15, 0.2) is 0 Å². The lowest BCUT2D eigenvalue weighted by Gasteiger charge is -2.24. The molecule has 0 radical (unpaired) electrons. The number of aryl methyl sites for hydroxylation is 2. The van der Waals surface area contributed by atoms with Crippen LogP contribution in [-0.2, 0) is 4.74 Å². The summed E-state index contributed by atoms with van der Waals surface area (Å²) < 4.78 is 5.48. The van der Waals surface area contributed by atoms with E-state index in [1.54, 1.807) is 11.3 Å². The van der Waals surface area contributed by atoms with Crippen molar-refractivity contribution < 1.29 is 9.53 Å². The second kappa shape index (κ2) is 6.89. The van der Waals surface area contributed by atoms with Gasteiger partial charge in [-0.15, -0.1) is 11.3 Å². The highest BCUT2D eigenvalue weighted by Crippen LogP contribution is 2.32. The van der Waals surface area contributed by atoms with E-state index in [9.17, 15) is 4.79 Å². The number of carbonyl (C=O) groups excluding carboxylic acids is 1. The van der Waals surface area contributed by atoms with Crippen molar-refractivity contribution in [3.05, 3.63) is 40.4 Å². The third-order valence-corrected chi connectivity index (χ3v) is 5.94. The Hall–Kier alpha value is -1.72. The molecule has 25 heavy (non-hydrogen) atoms. The summed E-state index contributed by atoms with van der Waals surface area (Å²) in [7, 11) is 0. The van der Waals surface area contributed by atoms with Crippen molar-refractivity contribution in [2.45, 2.75) is 39.2 Å². The maximum Gasteiger partial charge on any atom is 0.273 e. The first-order valence-electron chi connectivity index (χ1n) is 9.03. The topological polar surface area (TPSA) is 42.4 Å². The fourth-order valence-corrected chi connectivity index (χ4v) is 4.37. The lowest BCUT2D eigenvalue weighted by molar-refractivity contribution is 0.0701. The molecule has 0 N–H and O–H groups in total. The van der Waals surface area contributed by atoms with Crippen LogP contribution in [-0.4, -0.2) is 41.6 Å². The molecule has 2 aromatic rings. The summed E-state index contributed by atoms with van der Waals surface area (Å²) >= 11 is 1.56. The molecule has 0 bridgehead atoms. The third kappa shape index (κ3) is 3.62. The lowest BCUT2D eigenvalue weighted by Crippen LogP contribution is -2.37. The van der Waals surface area contributed by atoms with Crippen LogP contribution in [0, 0.1) is 19.8 Å². The number of benzene rings is 1. The minimum Gasteiger partial charge on any atom is -0.381 e. The van der Waals surface area contributed by atoms with Crippen LogP contribution in [0.25, 0.3) is 10.6 Å². The van der Waals surface area contributed by atoms with Crippen LogP contribution < -0.4 is 0 Å². The first-order chi connectivity index (χ1) is 12.1. The van der Waals surface area contributed by atoms with E-state index < -0.39 is 0 Å². The average Bonchev–Trinajstić information content (AvgIpc) is 3.09. The molecule has 1 unspecified atom stereocenters. The molecule has 5 heteroatoms. The zero-order chi connectivity index (χ0) is 17.4. The molecule has 2 aliphatic rings. The van der Waals surface area contributed by atoms with Crippen molar-refractivity contribution in [2.24, 2.45) is 5.92 Å². The molecule has 1 atom stereocenters. The number of thiazole rings is 1. The number of amides is 1. The van der Waals surface area contributed by atoms with Crippen molar-refractivity contribution in [2.75, 3.05) is 19.8 Å². The van der Waals surface area contributed by atoms with E-state index in [2.05, 4.69) is 37.0 Å². The number of rotatable bonds is 5. The Morgan fingerprint density at radius 1 is 1.32 bits per heavy atom. The summed E-state index contributed by atoms with van der Waals surface area (Å²) in [5.41, 5.74) is 4.16. The molecule has 4 nitrogen and oxygen atoms in total. The molecule has 1 aliphatic carbocycles. The molecule has 1 saturated carbocycles. The zero-order valence-corrected chi connectivity index (χ0v) is 15.6. The van der Waals surface area contributed by atoms with Gasteiger partial charge in [-0.3, -0.25) is 4.79 Å². The minimum atomic E-state index is 0.0849. The van der Waals surface area contributed by atoms with Gasteiger partial charge >= 0.3 is 0 Å². The highest BCUT2D eigenvalue weighted by molar-refractivity contribution is 7.13. The largest absolute Gasteiger partial charge is 0.381 e. The van der Waals surface area contributed by atoms with E-state index in [0.29, 0.717) is 17.7 Å². The fourth-order valence-electron chi connectivity index (χ4n) is 3.49. The zero-order valence-electron chi connectivity index (χ0n) is 14.8. The number of ether oxygens (including phenoxy) is 1. The van der Waals surface area contributed by atoms with Crippen molar-refractivity contribution >= 4 is 17.2 Å². The Balaban J connectivity index is 1.54. The van der Waals surface area contributed by atoms with Crippen LogP contribution in [0.5, 0.6) is 0 Å². The Kier molecular flexibility index (Phi) is 4.61. The Labute approximate surface area is 152 Å². The SMILES string of the molecule is Cc1ccc(-c2nc(C(=O)N(CC3CCOC3)C3CC3)cs2)c(C)c1. The second-order valence-electron chi connectivity index (χ2n) is 7.27. The molecule has 1 aromatic heterocycles. The molecule has 2 fully saturated rings. The van der Waals surface area contributed by atoms with E-state index in [1.165, 1.54) is 11.1 Å². The molecule has 0 spiro atoms. The van der Waals surface area contributed by atoms with Crippen LogP contribution in [0.2, 0.25) is 0 Å². The standard InChI is InChI=1S/C20H24N2O2S/c1-13-3-6-17(14(2)9-13)19-21-18(12-25-19)20(23)22(16-4-5-16)10-15-7-8-24-11-15/h3,6,9,12,15-16H,4-5,7-8,10-11H2,1-2H3. The van der Waals surface area contributed by atoms with Gasteiger partial charge in [0.2, 0.25) is 0 Å². The van der Waals surface area contributed by atoms with Crippen LogP contribution in [0.4, 0.5) is 0 Å². The molecule has 4 rings (SSSR count). The molecule has 1 aliphatic heterocycles. The molecule has 1 saturated heterocycles. The fraction of sp³-hybridized carbons (Fsp3) is 0.500. The lowest BCUT2D eigenvalue weighted by atomic mass is 10.1. The molecule has 1 amide bonds. The van der Waals surface area contributed by atoms with Crippen molar-refractivity contribution in [1.29, 1.82) is 0 Å². The quantitative estimate of drug-likeness (QED) is 0.811. The average molecular weight is 356 g/mol. The van der Waals surface area contributed by atoms with E-state index in [4.69, 9.17) is 4.74 Å². The predicted molar refractivity (Wildman–Crippen MR) is 100 cm³/mol. The van der Waals surface area contributed by atoms with Gasteiger partial charge < -0.3 is 9.64 Å². The van der Waals surface area contributed by atoms with Gasteiger partial charge in [0.25, 0.3) is 5.91 Å². The van der Waals surface area contributed by atoms with E-state index >= 15 is 0 Å². The van der Waals surface area contributed by atoms with Gasteiger partial charge in [-0.1, -0.05) is 23.8 Å². The van der Waals surface area contributed by atoms with E-state index in [-0.39, 0.29) is 5.91 Å². The highest BCUT2D eigenvalue weighted by atomic mass is 32.1. The predicted octanol–water partition coefficient (Wildman–Crippen LogP) is 4.07. The maximum atomic E-state index is 13.0. The summed E-state index contributed by atoms with van der Waals surface area (Å²) in [6, 6.07) is 6.77. The first kappa shape index (κ1) is 16.7. The van der Waals surface area contributed by atoms with Gasteiger partial charge in [-0.25, -0.2) is 4.98 Å². The minimum absolute atomic E-state index is 0.0849. The molecular weight excluding hydrogens is 332 g/mol. The Bertz CT molecular complexity index is 776. The summed E-state index contributed by atoms with van der Waals surface area (Å²) in [4.78, 5) is 19.7. The van der Waals surface area contributed by atoms with Gasteiger partial charge in [0, 0.05) is 36.1 Å². The van der Waals surface area contributed by atoms with Gasteiger partial charge in [-0.05, 0) is 38.7 Å². The molecule has 2 heterocycles. The van der Waals surface area contributed by atoms with E-state index in [1.807, 2.05) is 10.3 Å². The molecule has 132 valence electrons. The van der Waals surface area contributed by atoms with Crippen molar-refractivity contribution in [3.63, 3.8) is 0 Å². The number of carbonyl (C=O) groups is 1. The van der Waals surface area contributed by atoms with Crippen LogP contribution in [0.3, 0.4) is 0 Å². The molecule has 1 aromatic carbocycles. The van der Waals surface area contributed by atoms with Crippen molar-refractivity contribution in [1.82, 2.24) is 9.88 Å². The van der Waals surface area contributed by atoms with Gasteiger partial charge in [0.1, 0.15) is 10.7 Å². The number of nitrogens with zero attached hydrogens (tertiary/aromatic N) is 2. The van der Waals surface area contributed by atoms with Gasteiger partial charge in [-0.2, -0.15) is 0 Å². The van der Waals surface area contributed by atoms with Gasteiger partial charge in [0.05, 0.1) is 6.61 Å². The van der Waals surface area contributed by atoms with Crippen LogP contribution in [0.1, 0.15) is 40.9 Å². The second-order valence-corrected chi connectivity index (χ2v) is 8.13. The third-order valence-electron chi connectivity index (χ3n) is 5.06. The summed E-state index contributed by atoms with van der Waals surface area (Å²) in [5.74, 6) is 0.559. The monoisotopic (exact) mass is 356 g/mol. The van der Waals surface area contributed by atoms with Crippen LogP contribution >= 0.6 is 11.3 Å². The van der Waals surface area contributed by atoms with Crippen LogP contribution in [0.15, 0.2) is 23.6 Å². The normalized spacial score (nSPS) is 20.0. The summed E-state index contributed by atoms with van der Waals surface area (Å²) in [6.45, 7) is 6.60. The Morgan fingerprint density at radius 2 is 2.16 bits per heavy atom. The first-order valence-corrected chi connectivity index (χ1v) is 9.91. The summed E-state index contributed by atoms with van der Waals surface area (Å²) in [6.07, 6.45) is 3.29. The molecular formula is C20H24N2O2S. The number of hydrogen-bond donors (Lipinski definition) is 0. The summed E-state index contributed by atoms with van der Waals surface area (Å²) in [5, 5.41) is 2.85. The van der Waals surface area contributed by atoms with Crippen molar-refractivity contribution in [3.8, 4) is 10.6 Å². The smallest absolute Gasteiger partial charge is 0.273 e. The van der Waals surface area contributed by atoms with E-state index in [0.717, 1.165) is 49.6 Å². The number of aromatic nitrogens is 1. The Morgan fingerprint density at radius 3 is 2.84 bits per heavy atom. The number of hydrogen-bond acceptors (Lipinski definition) is 4.